The van der Waals surface area contributed by atoms with Crippen LogP contribution in [0, 0.1) is 0 Å². The number of methoxy groups -OCH3 is 2. The maximum absolute atomic E-state index is 13.1. The number of rotatable bonds is 8. The SMILES string of the molecule is CCN1C(=S)N[C@H](c2cccc(NC(=O)c3cc(OC)cc(OC)c3)c2)C(C(=O)OC(C)C)=C1C. The fourth-order valence-electron chi connectivity index (χ4n) is 3.89. The highest BCUT2D eigenvalue weighted by Gasteiger charge is 2.34. The van der Waals surface area contributed by atoms with Crippen molar-refractivity contribution in [2.24, 2.45) is 0 Å². The summed E-state index contributed by atoms with van der Waals surface area (Å²) in [5.41, 5.74) is 2.94. The number of thiocarbonyl (C=S) groups is 1. The van der Waals surface area contributed by atoms with E-state index >= 15 is 0 Å². The van der Waals surface area contributed by atoms with Gasteiger partial charge in [0.2, 0.25) is 0 Å². The maximum atomic E-state index is 13.1. The largest absolute Gasteiger partial charge is 0.497 e. The smallest absolute Gasteiger partial charge is 0.338 e. The standard InChI is InChI=1S/C26H31N3O5S/c1-7-29-16(4)22(25(31)34-15(2)3)23(28-26(29)35)17-9-8-10-19(11-17)27-24(30)18-12-20(32-5)14-21(13-18)33-6/h8-15,23H,7H2,1-6H3,(H,27,30)(H,28,35)/t23-/m1/s1. The molecule has 1 heterocycles. The van der Waals surface area contributed by atoms with Gasteiger partial charge in [0.1, 0.15) is 11.5 Å². The summed E-state index contributed by atoms with van der Waals surface area (Å²) in [6.45, 7) is 8.06. The highest BCUT2D eigenvalue weighted by atomic mass is 32.1. The zero-order valence-electron chi connectivity index (χ0n) is 20.8. The van der Waals surface area contributed by atoms with E-state index in [1.165, 1.54) is 14.2 Å². The number of amides is 1. The average Bonchev–Trinajstić information content (AvgIpc) is 2.83. The Morgan fingerprint density at radius 1 is 1.11 bits per heavy atom. The lowest BCUT2D eigenvalue weighted by molar-refractivity contribution is -0.143. The topological polar surface area (TPSA) is 89.1 Å². The number of ether oxygens (including phenoxy) is 3. The van der Waals surface area contributed by atoms with Crippen LogP contribution < -0.4 is 20.1 Å². The Morgan fingerprint density at radius 2 is 1.77 bits per heavy atom. The van der Waals surface area contributed by atoms with Crippen LogP contribution in [-0.2, 0) is 9.53 Å². The van der Waals surface area contributed by atoms with Crippen LogP contribution in [0.2, 0.25) is 0 Å². The molecule has 0 bridgehead atoms. The Hall–Kier alpha value is -3.59. The first-order valence-corrected chi connectivity index (χ1v) is 11.7. The van der Waals surface area contributed by atoms with Crippen LogP contribution in [-0.4, -0.2) is 48.8 Å². The van der Waals surface area contributed by atoms with Crippen LogP contribution >= 0.6 is 12.2 Å². The third-order valence-electron chi connectivity index (χ3n) is 5.57. The Balaban J connectivity index is 1.94. The molecular formula is C26H31N3O5S. The van der Waals surface area contributed by atoms with Gasteiger partial charge in [-0.15, -0.1) is 0 Å². The molecule has 186 valence electrons. The van der Waals surface area contributed by atoms with Gasteiger partial charge in [0, 0.05) is 29.6 Å². The van der Waals surface area contributed by atoms with Gasteiger partial charge in [-0.25, -0.2) is 4.79 Å². The van der Waals surface area contributed by atoms with Crippen molar-refractivity contribution in [1.29, 1.82) is 0 Å². The average molecular weight is 498 g/mol. The lowest BCUT2D eigenvalue weighted by Gasteiger charge is -2.37. The summed E-state index contributed by atoms with van der Waals surface area (Å²) in [6.07, 6.45) is -0.266. The summed E-state index contributed by atoms with van der Waals surface area (Å²) >= 11 is 5.56. The van der Waals surface area contributed by atoms with Gasteiger partial charge in [0.05, 0.1) is 31.9 Å². The molecule has 0 radical (unpaired) electrons. The van der Waals surface area contributed by atoms with Gasteiger partial charge in [0.25, 0.3) is 5.91 Å². The summed E-state index contributed by atoms with van der Waals surface area (Å²) in [6, 6.07) is 11.7. The Bertz CT molecular complexity index is 1140. The molecule has 0 spiro atoms. The van der Waals surface area contributed by atoms with Crippen molar-refractivity contribution in [3.8, 4) is 11.5 Å². The Morgan fingerprint density at radius 3 is 2.34 bits per heavy atom. The summed E-state index contributed by atoms with van der Waals surface area (Å²) in [5, 5.41) is 6.69. The normalized spacial score (nSPS) is 15.6. The van der Waals surface area contributed by atoms with E-state index in [9.17, 15) is 9.59 Å². The highest BCUT2D eigenvalue weighted by Crippen LogP contribution is 2.33. The van der Waals surface area contributed by atoms with Crippen LogP contribution in [0.3, 0.4) is 0 Å². The van der Waals surface area contributed by atoms with E-state index < -0.39 is 12.0 Å². The van der Waals surface area contributed by atoms with Crippen LogP contribution in [0.1, 0.15) is 49.7 Å². The lowest BCUT2D eigenvalue weighted by atomic mass is 9.94. The summed E-state index contributed by atoms with van der Waals surface area (Å²) in [7, 11) is 3.05. The number of anilines is 1. The van der Waals surface area contributed by atoms with Crippen molar-refractivity contribution in [2.45, 2.75) is 39.8 Å². The molecule has 35 heavy (non-hydrogen) atoms. The van der Waals surface area contributed by atoms with Crippen molar-refractivity contribution < 1.29 is 23.8 Å². The fraction of sp³-hybridized carbons (Fsp3) is 0.346. The van der Waals surface area contributed by atoms with Gasteiger partial charge in [-0.2, -0.15) is 0 Å². The summed E-state index contributed by atoms with van der Waals surface area (Å²) < 4.78 is 16.1. The molecular weight excluding hydrogens is 466 g/mol. The monoisotopic (exact) mass is 497 g/mol. The van der Waals surface area contributed by atoms with Gasteiger partial charge >= 0.3 is 5.97 Å². The fourth-order valence-corrected chi connectivity index (χ4v) is 4.28. The van der Waals surface area contributed by atoms with E-state index in [-0.39, 0.29) is 12.0 Å². The molecule has 8 nitrogen and oxygen atoms in total. The number of carbonyl (C=O) groups excluding carboxylic acids is 2. The van der Waals surface area contributed by atoms with E-state index in [2.05, 4.69) is 10.6 Å². The van der Waals surface area contributed by atoms with E-state index in [0.717, 1.165) is 11.3 Å². The van der Waals surface area contributed by atoms with Crippen LogP contribution in [0.5, 0.6) is 11.5 Å². The lowest BCUT2D eigenvalue weighted by Crippen LogP contribution is -2.47. The molecule has 0 fully saturated rings. The highest BCUT2D eigenvalue weighted by molar-refractivity contribution is 7.80. The molecule has 2 N–H and O–H groups in total. The molecule has 3 rings (SSSR count). The molecule has 1 amide bonds. The van der Waals surface area contributed by atoms with Gasteiger partial charge in [-0.1, -0.05) is 12.1 Å². The first kappa shape index (κ1) is 26.0. The number of esters is 1. The Labute approximate surface area is 211 Å². The molecule has 2 aromatic carbocycles. The quantitative estimate of drug-likeness (QED) is 0.409. The minimum atomic E-state index is -0.523. The van der Waals surface area contributed by atoms with E-state index in [1.807, 2.05) is 50.8 Å². The van der Waals surface area contributed by atoms with Crippen LogP contribution in [0.15, 0.2) is 53.7 Å². The van der Waals surface area contributed by atoms with Crippen LogP contribution in [0.25, 0.3) is 0 Å². The predicted molar refractivity (Wildman–Crippen MR) is 139 cm³/mol. The van der Waals surface area contributed by atoms with Gasteiger partial charge in [0.15, 0.2) is 5.11 Å². The molecule has 1 aliphatic rings. The molecule has 0 aromatic heterocycles. The number of benzene rings is 2. The minimum Gasteiger partial charge on any atom is -0.497 e. The second-order valence-corrected chi connectivity index (χ2v) is 8.65. The van der Waals surface area contributed by atoms with Crippen molar-refractivity contribution in [3.63, 3.8) is 0 Å². The molecule has 0 saturated carbocycles. The third kappa shape index (κ3) is 5.92. The maximum Gasteiger partial charge on any atom is 0.338 e. The number of carbonyl (C=O) groups is 2. The minimum absolute atomic E-state index is 0.266. The second kappa shape index (κ2) is 11.2. The number of nitrogens with zero attached hydrogens (tertiary/aromatic N) is 1. The van der Waals surface area contributed by atoms with Crippen molar-refractivity contribution >= 4 is 34.9 Å². The zero-order chi connectivity index (χ0) is 25.7. The summed E-state index contributed by atoms with van der Waals surface area (Å²) in [4.78, 5) is 27.9. The van der Waals surface area contributed by atoms with Crippen molar-refractivity contribution in [1.82, 2.24) is 10.2 Å². The third-order valence-corrected chi connectivity index (χ3v) is 5.90. The van der Waals surface area contributed by atoms with Gasteiger partial charge < -0.3 is 29.7 Å². The second-order valence-electron chi connectivity index (χ2n) is 8.26. The van der Waals surface area contributed by atoms with Gasteiger partial charge in [-0.3, -0.25) is 4.79 Å². The molecule has 0 aliphatic carbocycles. The van der Waals surface area contributed by atoms with Crippen molar-refractivity contribution in [2.75, 3.05) is 26.1 Å². The number of hydrogen-bond acceptors (Lipinski definition) is 6. The van der Waals surface area contributed by atoms with Crippen LogP contribution in [0.4, 0.5) is 5.69 Å². The van der Waals surface area contributed by atoms with E-state index in [4.69, 9.17) is 26.4 Å². The summed E-state index contributed by atoms with van der Waals surface area (Å²) in [5.74, 6) is 0.291. The molecule has 2 aromatic rings. The van der Waals surface area contributed by atoms with Gasteiger partial charge in [-0.05, 0) is 69.7 Å². The molecule has 0 unspecified atom stereocenters. The van der Waals surface area contributed by atoms with E-state index in [0.29, 0.717) is 40.0 Å². The number of nitrogens with one attached hydrogen (secondary N) is 2. The first-order chi connectivity index (χ1) is 16.7. The first-order valence-electron chi connectivity index (χ1n) is 11.3. The van der Waals surface area contributed by atoms with E-state index in [1.54, 1.807) is 24.3 Å². The molecule has 1 atom stereocenters. The predicted octanol–water partition coefficient (Wildman–Crippen LogP) is 4.43. The molecule has 0 saturated heterocycles. The number of hydrogen-bond donors (Lipinski definition) is 2. The zero-order valence-corrected chi connectivity index (χ0v) is 21.6. The molecule has 1 aliphatic heterocycles. The van der Waals surface area contributed by atoms with Crippen molar-refractivity contribution in [3.05, 3.63) is 64.9 Å². The molecule has 9 heteroatoms. The number of allylic oxidation sites excluding steroid dienone is 1. The Kier molecular flexibility index (Phi) is 8.34.